The van der Waals surface area contributed by atoms with Gasteiger partial charge in [0.1, 0.15) is 0 Å². The highest BCUT2D eigenvalue weighted by molar-refractivity contribution is 5.15. The van der Waals surface area contributed by atoms with Crippen molar-refractivity contribution in [2.75, 3.05) is 0 Å². The predicted octanol–water partition coefficient (Wildman–Crippen LogP) is 2.96. The second-order valence-electron chi connectivity index (χ2n) is 3.75. The zero-order valence-corrected chi connectivity index (χ0v) is 7.18. The average Bonchev–Trinajstić information content (AvgIpc) is 2.11. The molecule has 1 nitrogen and oxygen atoms in total. The van der Waals surface area contributed by atoms with Crippen LogP contribution in [0.2, 0.25) is 0 Å². The van der Waals surface area contributed by atoms with Gasteiger partial charge in [-0.15, -0.1) is 0 Å². The van der Waals surface area contributed by atoms with E-state index in [1.165, 1.54) is 5.69 Å². The molecule has 0 N–H and O–H groups in total. The van der Waals surface area contributed by atoms with Crippen molar-refractivity contribution in [1.82, 2.24) is 4.57 Å². The third kappa shape index (κ3) is 2.11. The summed E-state index contributed by atoms with van der Waals surface area (Å²) >= 11 is 0. The van der Waals surface area contributed by atoms with Gasteiger partial charge in [-0.3, -0.25) is 0 Å². The normalized spacial score (nSPS) is 10.9. The summed E-state index contributed by atoms with van der Waals surface area (Å²) in [5.74, 6) is 0. The lowest BCUT2D eigenvalue weighted by molar-refractivity contribution is 0.543. The van der Waals surface area contributed by atoms with Crippen LogP contribution in [0.5, 0.6) is 0 Å². The minimum atomic E-state index is 0. The predicted molar refractivity (Wildman–Crippen MR) is 50.8 cm³/mol. The van der Waals surface area contributed by atoms with Crippen LogP contribution in [0.3, 0.4) is 0 Å². The average molecular weight is 153 g/mol. The highest BCUT2D eigenvalue weighted by Crippen LogP contribution is 2.21. The van der Waals surface area contributed by atoms with Crippen LogP contribution in [0.25, 0.3) is 0 Å². The minimum Gasteiger partial charge on any atom is -0.354 e. The van der Waals surface area contributed by atoms with Crippen molar-refractivity contribution in [3.63, 3.8) is 0 Å². The SMILES string of the molecule is C.Cn1cccc1C(C)(C)C. The molecule has 1 heteroatoms. The lowest BCUT2D eigenvalue weighted by Crippen LogP contribution is -2.15. The van der Waals surface area contributed by atoms with E-state index >= 15 is 0 Å². The first-order valence-electron chi connectivity index (χ1n) is 3.63. The molecule has 1 heterocycles. The fourth-order valence-electron chi connectivity index (χ4n) is 1.24. The Labute approximate surface area is 70.0 Å². The molecule has 0 spiro atoms. The molecule has 1 aromatic heterocycles. The molecule has 0 saturated carbocycles. The monoisotopic (exact) mass is 153 g/mol. The van der Waals surface area contributed by atoms with Crippen molar-refractivity contribution in [1.29, 1.82) is 0 Å². The fraction of sp³-hybridized carbons (Fsp3) is 0.600. The lowest BCUT2D eigenvalue weighted by atomic mass is 9.92. The number of aryl methyl sites for hydroxylation is 1. The molecule has 1 rings (SSSR count). The molecular weight excluding hydrogens is 134 g/mol. The molecule has 0 amide bonds. The van der Waals surface area contributed by atoms with Gasteiger partial charge in [0, 0.05) is 24.4 Å². The number of hydrogen-bond donors (Lipinski definition) is 0. The summed E-state index contributed by atoms with van der Waals surface area (Å²) in [4.78, 5) is 0. The maximum atomic E-state index is 2.22. The Morgan fingerprint density at radius 1 is 1.27 bits per heavy atom. The summed E-state index contributed by atoms with van der Waals surface area (Å²) in [6, 6.07) is 4.25. The largest absolute Gasteiger partial charge is 0.354 e. The van der Waals surface area contributed by atoms with Gasteiger partial charge in [-0.2, -0.15) is 0 Å². The zero-order chi connectivity index (χ0) is 7.78. The van der Waals surface area contributed by atoms with Gasteiger partial charge in [-0.05, 0) is 12.1 Å². The Kier molecular flexibility index (Phi) is 2.92. The van der Waals surface area contributed by atoms with Crippen LogP contribution in [0, 0.1) is 0 Å². The van der Waals surface area contributed by atoms with E-state index in [0.717, 1.165) is 0 Å². The van der Waals surface area contributed by atoms with Crippen molar-refractivity contribution in [3.8, 4) is 0 Å². The standard InChI is InChI=1S/C9H15N.CH4/c1-9(2,3)8-6-5-7-10(8)4;/h5-7H,1-4H3;1H4. The van der Waals surface area contributed by atoms with Crippen LogP contribution in [-0.4, -0.2) is 4.57 Å². The molecular formula is C10H19N. The quantitative estimate of drug-likeness (QED) is 0.540. The topological polar surface area (TPSA) is 4.93 Å². The zero-order valence-electron chi connectivity index (χ0n) is 7.18. The van der Waals surface area contributed by atoms with Crippen LogP contribution >= 0.6 is 0 Å². The van der Waals surface area contributed by atoms with Crippen LogP contribution in [0.4, 0.5) is 0 Å². The van der Waals surface area contributed by atoms with Gasteiger partial charge in [-0.1, -0.05) is 28.2 Å². The van der Waals surface area contributed by atoms with Crippen LogP contribution < -0.4 is 0 Å². The van der Waals surface area contributed by atoms with E-state index < -0.39 is 0 Å². The maximum Gasteiger partial charge on any atom is 0.0225 e. The van der Waals surface area contributed by atoms with E-state index in [1.54, 1.807) is 0 Å². The molecule has 0 atom stereocenters. The molecule has 11 heavy (non-hydrogen) atoms. The molecule has 0 aliphatic rings. The molecule has 0 saturated heterocycles. The van der Waals surface area contributed by atoms with Gasteiger partial charge in [0.2, 0.25) is 0 Å². The van der Waals surface area contributed by atoms with Crippen molar-refractivity contribution in [2.24, 2.45) is 7.05 Å². The van der Waals surface area contributed by atoms with Crippen molar-refractivity contribution in [2.45, 2.75) is 33.6 Å². The van der Waals surface area contributed by atoms with Crippen molar-refractivity contribution >= 4 is 0 Å². The summed E-state index contributed by atoms with van der Waals surface area (Å²) in [5, 5.41) is 0. The highest BCUT2D eigenvalue weighted by Gasteiger charge is 2.15. The van der Waals surface area contributed by atoms with E-state index in [0.29, 0.717) is 0 Å². The Bertz CT molecular complexity index is 215. The second kappa shape index (κ2) is 3.12. The summed E-state index contributed by atoms with van der Waals surface area (Å²) in [7, 11) is 2.08. The number of nitrogens with zero attached hydrogens (tertiary/aromatic N) is 1. The molecule has 0 aromatic carbocycles. The summed E-state index contributed by atoms with van der Waals surface area (Å²) < 4.78 is 2.17. The minimum absolute atomic E-state index is 0. The highest BCUT2D eigenvalue weighted by atomic mass is 14.9. The lowest BCUT2D eigenvalue weighted by Gasteiger charge is -2.19. The summed E-state index contributed by atoms with van der Waals surface area (Å²) in [5.41, 5.74) is 1.66. The Morgan fingerprint density at radius 2 is 1.82 bits per heavy atom. The first-order valence-corrected chi connectivity index (χ1v) is 3.63. The number of hydrogen-bond acceptors (Lipinski definition) is 0. The first kappa shape index (κ1) is 10.3. The van der Waals surface area contributed by atoms with E-state index in [9.17, 15) is 0 Å². The third-order valence-electron chi connectivity index (χ3n) is 1.71. The van der Waals surface area contributed by atoms with Crippen LogP contribution in [0.1, 0.15) is 33.9 Å². The van der Waals surface area contributed by atoms with E-state index in [4.69, 9.17) is 0 Å². The molecule has 0 fully saturated rings. The molecule has 0 aliphatic carbocycles. The van der Waals surface area contributed by atoms with E-state index in [2.05, 4.69) is 50.7 Å². The van der Waals surface area contributed by atoms with Crippen LogP contribution in [0.15, 0.2) is 18.3 Å². The molecule has 0 radical (unpaired) electrons. The molecule has 0 unspecified atom stereocenters. The van der Waals surface area contributed by atoms with Gasteiger partial charge in [0.25, 0.3) is 0 Å². The van der Waals surface area contributed by atoms with Crippen LogP contribution in [-0.2, 0) is 12.5 Å². The smallest absolute Gasteiger partial charge is 0.0225 e. The van der Waals surface area contributed by atoms with Gasteiger partial charge in [-0.25, -0.2) is 0 Å². The van der Waals surface area contributed by atoms with Crippen molar-refractivity contribution in [3.05, 3.63) is 24.0 Å². The van der Waals surface area contributed by atoms with Gasteiger partial charge < -0.3 is 4.57 Å². The van der Waals surface area contributed by atoms with Gasteiger partial charge in [0.05, 0.1) is 0 Å². The molecule has 0 bridgehead atoms. The summed E-state index contributed by atoms with van der Waals surface area (Å²) in [6.45, 7) is 6.67. The number of aromatic nitrogens is 1. The Balaban J connectivity index is 0.000001000. The second-order valence-corrected chi connectivity index (χ2v) is 3.75. The van der Waals surface area contributed by atoms with E-state index in [1.807, 2.05) is 0 Å². The van der Waals surface area contributed by atoms with Gasteiger partial charge in [0.15, 0.2) is 0 Å². The van der Waals surface area contributed by atoms with Crippen molar-refractivity contribution < 1.29 is 0 Å². The number of rotatable bonds is 0. The molecule has 0 aliphatic heterocycles. The fourth-order valence-corrected chi connectivity index (χ4v) is 1.24. The Morgan fingerprint density at radius 3 is 2.00 bits per heavy atom. The first-order chi connectivity index (χ1) is 4.52. The third-order valence-corrected chi connectivity index (χ3v) is 1.71. The molecule has 64 valence electrons. The summed E-state index contributed by atoms with van der Waals surface area (Å²) in [6.07, 6.45) is 2.08. The van der Waals surface area contributed by atoms with Gasteiger partial charge >= 0.3 is 0 Å². The maximum absolute atomic E-state index is 2.22. The molecule has 1 aromatic rings. The Hall–Kier alpha value is -0.720. The van der Waals surface area contributed by atoms with E-state index in [-0.39, 0.29) is 12.8 Å².